The van der Waals surface area contributed by atoms with Crippen LogP contribution in [0.2, 0.25) is 0 Å². The highest BCUT2D eigenvalue weighted by Crippen LogP contribution is 2.35. The van der Waals surface area contributed by atoms with E-state index >= 15 is 0 Å². The molecule has 0 spiro atoms. The van der Waals surface area contributed by atoms with Crippen molar-refractivity contribution in [3.63, 3.8) is 0 Å². The van der Waals surface area contributed by atoms with Crippen LogP contribution in [0.1, 0.15) is 15.9 Å². The number of benzene rings is 2. The summed E-state index contributed by atoms with van der Waals surface area (Å²) in [6, 6.07) is 12.8. The first-order chi connectivity index (χ1) is 12.5. The van der Waals surface area contributed by atoms with E-state index in [4.69, 9.17) is 15.2 Å². The summed E-state index contributed by atoms with van der Waals surface area (Å²) in [7, 11) is 1.96. The molecule has 2 aromatic carbocycles. The molecule has 0 fully saturated rings. The van der Waals surface area contributed by atoms with E-state index in [1.54, 1.807) is 24.3 Å². The summed E-state index contributed by atoms with van der Waals surface area (Å²) in [5.41, 5.74) is 7.51. The number of aryl methyl sites for hydroxylation is 1. The molecular weight excluding hydrogens is 332 g/mol. The van der Waals surface area contributed by atoms with Crippen LogP contribution in [0.4, 0.5) is 0 Å². The van der Waals surface area contributed by atoms with E-state index in [0.29, 0.717) is 17.1 Å². The van der Waals surface area contributed by atoms with Crippen molar-refractivity contribution in [2.45, 2.75) is 0 Å². The first-order valence-corrected chi connectivity index (χ1v) is 8.06. The number of Topliss-reactive ketones (excluding diaryl/α,β-unsaturated/α-hetero) is 1. The van der Waals surface area contributed by atoms with Crippen molar-refractivity contribution in [1.82, 2.24) is 4.57 Å². The number of aromatic nitrogens is 1. The molecule has 1 aliphatic rings. The van der Waals surface area contributed by atoms with Crippen LogP contribution in [0.25, 0.3) is 17.0 Å². The number of carbonyl (C=O) groups is 2. The molecule has 0 saturated carbocycles. The average Bonchev–Trinajstić information content (AvgIpc) is 3.11. The van der Waals surface area contributed by atoms with E-state index in [1.165, 1.54) is 0 Å². The molecule has 0 bridgehead atoms. The van der Waals surface area contributed by atoms with E-state index in [9.17, 15) is 9.59 Å². The minimum absolute atomic E-state index is 0.186. The van der Waals surface area contributed by atoms with Gasteiger partial charge in [0.15, 0.2) is 12.4 Å². The second kappa shape index (κ2) is 6.07. The molecule has 2 heterocycles. The third kappa shape index (κ3) is 2.71. The lowest BCUT2D eigenvalue weighted by Gasteiger charge is -2.04. The van der Waals surface area contributed by atoms with Gasteiger partial charge in [0.05, 0.1) is 5.56 Å². The summed E-state index contributed by atoms with van der Waals surface area (Å²) in [6.07, 6.45) is 3.70. The third-order valence-electron chi connectivity index (χ3n) is 4.24. The fourth-order valence-electron chi connectivity index (χ4n) is 3.04. The van der Waals surface area contributed by atoms with Crippen LogP contribution < -0.4 is 15.2 Å². The maximum Gasteiger partial charge on any atom is 0.255 e. The number of amides is 1. The Bertz CT molecular complexity index is 1080. The van der Waals surface area contributed by atoms with Gasteiger partial charge in [0, 0.05) is 35.8 Å². The third-order valence-corrected chi connectivity index (χ3v) is 4.24. The topological polar surface area (TPSA) is 83.5 Å². The maximum absolute atomic E-state index is 12.6. The number of ether oxygens (including phenoxy) is 2. The van der Waals surface area contributed by atoms with Crippen molar-refractivity contribution in [2.75, 3.05) is 6.61 Å². The standard InChI is InChI=1S/C20H16N2O4/c1-22-10-12(14-4-2-3-5-16(14)22)8-18-20(24)15-7-6-13(9-17(15)26-18)25-11-19(21)23/h2-10H,11H2,1H3,(H2,21,23). The van der Waals surface area contributed by atoms with Crippen LogP contribution in [0.5, 0.6) is 11.5 Å². The number of hydrogen-bond acceptors (Lipinski definition) is 4. The Hall–Kier alpha value is -3.54. The SMILES string of the molecule is Cn1cc(C=C2Oc3cc(OCC(N)=O)ccc3C2=O)c2ccccc21. The monoisotopic (exact) mass is 348 g/mol. The number of nitrogens with zero attached hydrogens (tertiary/aromatic N) is 1. The van der Waals surface area contributed by atoms with Gasteiger partial charge in [-0.25, -0.2) is 0 Å². The largest absolute Gasteiger partial charge is 0.484 e. The van der Waals surface area contributed by atoms with Crippen molar-refractivity contribution in [3.8, 4) is 11.5 Å². The summed E-state index contributed by atoms with van der Waals surface area (Å²) in [5.74, 6) is 0.321. The summed E-state index contributed by atoms with van der Waals surface area (Å²) in [6.45, 7) is -0.231. The Morgan fingerprint density at radius 2 is 2.08 bits per heavy atom. The molecule has 6 nitrogen and oxygen atoms in total. The number of carbonyl (C=O) groups excluding carboxylic acids is 2. The van der Waals surface area contributed by atoms with Crippen molar-refractivity contribution in [2.24, 2.45) is 12.8 Å². The molecule has 1 amide bonds. The summed E-state index contributed by atoms with van der Waals surface area (Å²) >= 11 is 0. The minimum Gasteiger partial charge on any atom is -0.484 e. The summed E-state index contributed by atoms with van der Waals surface area (Å²) < 4.78 is 13.0. The van der Waals surface area contributed by atoms with Crippen molar-refractivity contribution in [3.05, 3.63) is 65.5 Å². The number of nitrogens with two attached hydrogens (primary N) is 1. The summed E-state index contributed by atoms with van der Waals surface area (Å²) in [4.78, 5) is 23.4. The van der Waals surface area contributed by atoms with Crippen molar-refractivity contribution >= 4 is 28.7 Å². The molecule has 26 heavy (non-hydrogen) atoms. The normalized spacial score (nSPS) is 14.5. The van der Waals surface area contributed by atoms with Gasteiger partial charge in [0.2, 0.25) is 5.78 Å². The van der Waals surface area contributed by atoms with Gasteiger partial charge < -0.3 is 19.8 Å². The average molecular weight is 348 g/mol. The molecule has 0 aliphatic carbocycles. The van der Waals surface area contributed by atoms with E-state index < -0.39 is 5.91 Å². The van der Waals surface area contributed by atoms with E-state index in [2.05, 4.69) is 0 Å². The lowest BCUT2D eigenvalue weighted by Crippen LogP contribution is -2.19. The predicted molar refractivity (Wildman–Crippen MR) is 97.0 cm³/mol. The highest BCUT2D eigenvalue weighted by molar-refractivity contribution is 6.15. The van der Waals surface area contributed by atoms with E-state index in [1.807, 2.05) is 42.1 Å². The van der Waals surface area contributed by atoms with Crippen LogP contribution in [0.15, 0.2) is 54.4 Å². The Morgan fingerprint density at radius 3 is 2.88 bits per heavy atom. The molecular formula is C20H16N2O4. The predicted octanol–water partition coefficient (Wildman–Crippen LogP) is 2.66. The molecule has 1 aromatic heterocycles. The van der Waals surface area contributed by atoms with E-state index in [-0.39, 0.29) is 18.1 Å². The fraction of sp³-hybridized carbons (Fsp3) is 0.100. The van der Waals surface area contributed by atoms with Crippen LogP contribution in [-0.4, -0.2) is 22.9 Å². The Kier molecular flexibility index (Phi) is 3.73. The number of fused-ring (bicyclic) bond motifs is 2. The molecule has 0 atom stereocenters. The first-order valence-electron chi connectivity index (χ1n) is 8.06. The first kappa shape index (κ1) is 16.0. The number of allylic oxidation sites excluding steroid dienone is 1. The van der Waals surface area contributed by atoms with Gasteiger partial charge in [0.1, 0.15) is 11.5 Å². The van der Waals surface area contributed by atoms with Gasteiger partial charge in [-0.15, -0.1) is 0 Å². The second-order valence-electron chi connectivity index (χ2n) is 6.07. The zero-order chi connectivity index (χ0) is 18.3. The molecule has 4 rings (SSSR count). The van der Waals surface area contributed by atoms with Crippen LogP contribution >= 0.6 is 0 Å². The number of ketones is 1. The van der Waals surface area contributed by atoms with Crippen molar-refractivity contribution < 1.29 is 19.1 Å². The van der Waals surface area contributed by atoms with Gasteiger partial charge in [-0.2, -0.15) is 0 Å². The molecule has 0 saturated heterocycles. The highest BCUT2D eigenvalue weighted by Gasteiger charge is 2.28. The van der Waals surface area contributed by atoms with Crippen LogP contribution in [0, 0.1) is 0 Å². The van der Waals surface area contributed by atoms with Crippen LogP contribution in [0.3, 0.4) is 0 Å². The summed E-state index contributed by atoms with van der Waals surface area (Å²) in [5, 5.41) is 1.04. The van der Waals surface area contributed by atoms with Crippen molar-refractivity contribution in [1.29, 1.82) is 0 Å². The molecule has 2 N–H and O–H groups in total. The Balaban J connectivity index is 1.67. The van der Waals surface area contributed by atoms with Gasteiger partial charge in [-0.3, -0.25) is 9.59 Å². The fourth-order valence-corrected chi connectivity index (χ4v) is 3.04. The number of primary amides is 1. The molecule has 0 unspecified atom stereocenters. The maximum atomic E-state index is 12.6. The number of hydrogen-bond donors (Lipinski definition) is 1. The molecule has 1 aliphatic heterocycles. The minimum atomic E-state index is -0.570. The number of para-hydroxylation sites is 1. The highest BCUT2D eigenvalue weighted by atomic mass is 16.5. The lowest BCUT2D eigenvalue weighted by molar-refractivity contribution is -0.119. The number of rotatable bonds is 4. The van der Waals surface area contributed by atoms with Crippen LogP contribution in [-0.2, 0) is 11.8 Å². The molecule has 3 aromatic rings. The zero-order valence-corrected chi connectivity index (χ0v) is 14.1. The Labute approximate surface area is 149 Å². The van der Waals surface area contributed by atoms with Gasteiger partial charge in [0.25, 0.3) is 5.91 Å². The quantitative estimate of drug-likeness (QED) is 0.735. The van der Waals surface area contributed by atoms with Gasteiger partial charge in [-0.1, -0.05) is 18.2 Å². The van der Waals surface area contributed by atoms with Gasteiger partial charge in [-0.05, 0) is 24.3 Å². The zero-order valence-electron chi connectivity index (χ0n) is 14.1. The van der Waals surface area contributed by atoms with E-state index in [0.717, 1.165) is 16.5 Å². The Morgan fingerprint density at radius 1 is 1.27 bits per heavy atom. The molecule has 6 heteroatoms. The van der Waals surface area contributed by atoms with Gasteiger partial charge >= 0.3 is 0 Å². The second-order valence-corrected chi connectivity index (χ2v) is 6.07. The smallest absolute Gasteiger partial charge is 0.255 e. The lowest BCUT2D eigenvalue weighted by atomic mass is 10.1. The molecule has 130 valence electrons. The molecule has 0 radical (unpaired) electrons.